The first-order valence-corrected chi connectivity index (χ1v) is 12.6. The maximum atomic E-state index is 13.1. The lowest BCUT2D eigenvalue weighted by molar-refractivity contribution is -0.132. The third-order valence-electron chi connectivity index (χ3n) is 6.73. The van der Waals surface area contributed by atoms with Gasteiger partial charge in [-0.15, -0.1) is 0 Å². The largest absolute Gasteiger partial charge is 0.447 e. The van der Waals surface area contributed by atoms with Crippen LogP contribution in [0.1, 0.15) is 52.4 Å². The number of nitrogens with one attached hydrogen (secondary N) is 1. The number of hydrogen-bond donors (Lipinski definition) is 1. The van der Waals surface area contributed by atoms with E-state index in [1.807, 2.05) is 18.7 Å². The second-order valence-electron chi connectivity index (χ2n) is 9.67. The van der Waals surface area contributed by atoms with E-state index in [1.54, 1.807) is 4.90 Å². The number of nitrogens with zero attached hydrogens (tertiary/aromatic N) is 4. The van der Waals surface area contributed by atoms with Crippen LogP contribution in [0.25, 0.3) is 0 Å². The molecule has 3 aliphatic heterocycles. The smallest absolute Gasteiger partial charge is 0.410 e. The fourth-order valence-corrected chi connectivity index (χ4v) is 4.91. The van der Waals surface area contributed by atoms with Crippen LogP contribution in [0, 0.1) is 5.82 Å². The van der Waals surface area contributed by atoms with Crippen molar-refractivity contribution in [3.05, 3.63) is 18.2 Å². The molecule has 35 heavy (non-hydrogen) atoms. The van der Waals surface area contributed by atoms with Gasteiger partial charge in [0.05, 0.1) is 43.3 Å². The molecule has 0 unspecified atom stereocenters. The van der Waals surface area contributed by atoms with Gasteiger partial charge in [-0.05, 0) is 52.4 Å². The maximum Gasteiger partial charge on any atom is 0.410 e. The fraction of sp³-hybridized carbons (Fsp3) is 0.750. The molecular formula is C24H36FN5O5. The summed E-state index contributed by atoms with van der Waals surface area (Å²) >= 11 is 0. The number of halogens is 1. The van der Waals surface area contributed by atoms with Crippen molar-refractivity contribution < 1.29 is 28.2 Å². The van der Waals surface area contributed by atoms with Crippen LogP contribution in [0.4, 0.5) is 15.1 Å². The van der Waals surface area contributed by atoms with Crippen LogP contribution in [-0.4, -0.2) is 90.1 Å². The van der Waals surface area contributed by atoms with E-state index in [0.29, 0.717) is 38.8 Å². The second kappa shape index (κ2) is 11.9. The lowest BCUT2D eigenvalue weighted by Crippen LogP contribution is -2.60. The molecule has 0 saturated carbocycles. The number of hydrogen-bond acceptors (Lipinski definition) is 8. The first-order valence-electron chi connectivity index (χ1n) is 12.6. The number of ether oxygens (including phenoxy) is 3. The number of aromatic nitrogens is 2. The third-order valence-corrected chi connectivity index (χ3v) is 6.73. The average molecular weight is 494 g/mol. The minimum absolute atomic E-state index is 0.00566. The van der Waals surface area contributed by atoms with Gasteiger partial charge in [0.1, 0.15) is 6.10 Å². The summed E-state index contributed by atoms with van der Waals surface area (Å²) in [6.45, 7) is 6.50. The monoisotopic (exact) mass is 493 g/mol. The molecule has 2 amide bonds. The zero-order valence-electron chi connectivity index (χ0n) is 20.5. The van der Waals surface area contributed by atoms with Crippen molar-refractivity contribution >= 4 is 17.9 Å². The highest BCUT2D eigenvalue weighted by atomic mass is 19.1. The first-order chi connectivity index (χ1) is 16.9. The molecule has 0 aromatic carbocycles. The zero-order valence-corrected chi connectivity index (χ0v) is 20.5. The van der Waals surface area contributed by atoms with E-state index in [1.165, 1.54) is 12.4 Å². The topological polar surface area (TPSA) is 106 Å². The van der Waals surface area contributed by atoms with E-state index >= 15 is 0 Å². The summed E-state index contributed by atoms with van der Waals surface area (Å²) in [5.41, 5.74) is 0. The Balaban J connectivity index is 1.36. The highest BCUT2D eigenvalue weighted by Crippen LogP contribution is 2.24. The Morgan fingerprint density at radius 2 is 1.89 bits per heavy atom. The molecule has 3 aliphatic rings. The van der Waals surface area contributed by atoms with Gasteiger partial charge in [-0.25, -0.2) is 19.2 Å². The fourth-order valence-electron chi connectivity index (χ4n) is 4.91. The van der Waals surface area contributed by atoms with Gasteiger partial charge in [-0.1, -0.05) is 0 Å². The van der Waals surface area contributed by atoms with Gasteiger partial charge in [-0.3, -0.25) is 4.79 Å². The quantitative estimate of drug-likeness (QED) is 0.617. The van der Waals surface area contributed by atoms with E-state index < -0.39 is 11.9 Å². The van der Waals surface area contributed by atoms with Crippen molar-refractivity contribution in [3.63, 3.8) is 0 Å². The molecule has 3 atom stereocenters. The van der Waals surface area contributed by atoms with Crippen LogP contribution >= 0.6 is 0 Å². The summed E-state index contributed by atoms with van der Waals surface area (Å²) in [7, 11) is 0. The number of piperidine rings is 2. The van der Waals surface area contributed by atoms with Crippen LogP contribution in [-0.2, 0) is 19.0 Å². The first kappa shape index (κ1) is 25.6. The molecule has 0 bridgehead atoms. The molecule has 0 spiro atoms. The van der Waals surface area contributed by atoms with E-state index in [2.05, 4.69) is 15.3 Å². The number of anilines is 1. The van der Waals surface area contributed by atoms with Crippen molar-refractivity contribution in [3.8, 4) is 0 Å². The normalized spacial score (nSPS) is 25.7. The number of likely N-dealkylation sites (tertiary alicyclic amines) is 1. The molecule has 11 heteroatoms. The van der Waals surface area contributed by atoms with E-state index in [9.17, 15) is 14.0 Å². The Labute approximate surface area is 205 Å². The molecule has 4 rings (SSSR count). The number of carbonyl (C=O) groups is 2. The Morgan fingerprint density at radius 3 is 2.54 bits per heavy atom. The highest BCUT2D eigenvalue weighted by molar-refractivity contribution is 5.81. The van der Waals surface area contributed by atoms with Gasteiger partial charge in [-0.2, -0.15) is 0 Å². The van der Waals surface area contributed by atoms with Crippen molar-refractivity contribution in [1.82, 2.24) is 20.2 Å². The molecule has 194 valence electrons. The highest BCUT2D eigenvalue weighted by Gasteiger charge is 2.38. The second-order valence-corrected chi connectivity index (χ2v) is 9.67. The molecule has 4 heterocycles. The summed E-state index contributed by atoms with van der Waals surface area (Å²) in [5.74, 6) is -0.0676. The standard InChI is InChI=1S/C24H36FN5O5/c1-16(2)35-24(32)30-9-3-5-19(28-22(31)21-6-4-12-33-21)20(30)15-34-18-7-10-29(11-8-18)23-26-13-17(25)14-27-23/h13-14,16,18-21H,3-12,15H2,1-2H3,(H,28,31)/t19-,20-,21-/m0/s1. The Morgan fingerprint density at radius 1 is 1.14 bits per heavy atom. The lowest BCUT2D eigenvalue weighted by Gasteiger charge is -2.42. The van der Waals surface area contributed by atoms with Crippen LogP contribution < -0.4 is 10.2 Å². The van der Waals surface area contributed by atoms with Crippen molar-refractivity contribution in [2.24, 2.45) is 0 Å². The zero-order chi connectivity index (χ0) is 24.8. The predicted molar refractivity (Wildman–Crippen MR) is 125 cm³/mol. The Hall–Kier alpha value is -2.53. The molecule has 0 aliphatic carbocycles. The van der Waals surface area contributed by atoms with E-state index in [0.717, 1.165) is 38.5 Å². The maximum absolute atomic E-state index is 13.1. The van der Waals surface area contributed by atoms with Crippen LogP contribution in [0.2, 0.25) is 0 Å². The molecule has 3 saturated heterocycles. The van der Waals surface area contributed by atoms with Crippen molar-refractivity contribution in [2.45, 2.75) is 82.8 Å². The van der Waals surface area contributed by atoms with Gasteiger partial charge >= 0.3 is 6.09 Å². The summed E-state index contributed by atoms with van der Waals surface area (Å²) in [4.78, 5) is 37.4. The van der Waals surface area contributed by atoms with Gasteiger partial charge in [0.25, 0.3) is 0 Å². The molecule has 3 fully saturated rings. The minimum Gasteiger partial charge on any atom is -0.447 e. The lowest BCUT2D eigenvalue weighted by atomic mass is 9.96. The number of carbonyl (C=O) groups excluding carboxylic acids is 2. The predicted octanol–water partition coefficient (Wildman–Crippen LogP) is 2.27. The molecule has 1 aromatic rings. The molecule has 1 N–H and O–H groups in total. The SMILES string of the molecule is CC(C)OC(=O)N1CCC[C@H](NC(=O)[C@@H]2CCCO2)[C@@H]1COC1CCN(c2ncc(F)cn2)CC1. The van der Waals surface area contributed by atoms with Crippen LogP contribution in [0.15, 0.2) is 12.4 Å². The minimum atomic E-state index is -0.457. The van der Waals surface area contributed by atoms with Gasteiger partial charge in [0, 0.05) is 26.2 Å². The molecule has 10 nitrogen and oxygen atoms in total. The Kier molecular flexibility index (Phi) is 8.72. The van der Waals surface area contributed by atoms with Crippen molar-refractivity contribution in [1.29, 1.82) is 0 Å². The van der Waals surface area contributed by atoms with Gasteiger partial charge < -0.3 is 29.3 Å². The van der Waals surface area contributed by atoms with Crippen LogP contribution in [0.3, 0.4) is 0 Å². The Bertz CT molecular complexity index is 843. The molecular weight excluding hydrogens is 457 g/mol. The molecule has 1 aromatic heterocycles. The van der Waals surface area contributed by atoms with Crippen molar-refractivity contribution in [2.75, 3.05) is 37.7 Å². The molecule has 0 radical (unpaired) electrons. The summed E-state index contributed by atoms with van der Waals surface area (Å²) in [5, 5.41) is 3.12. The third kappa shape index (κ3) is 6.78. The van der Waals surface area contributed by atoms with E-state index in [4.69, 9.17) is 14.2 Å². The summed E-state index contributed by atoms with van der Waals surface area (Å²) in [6.07, 6.45) is 5.96. The summed E-state index contributed by atoms with van der Waals surface area (Å²) in [6, 6.07) is -0.549. The van der Waals surface area contributed by atoms with Crippen LogP contribution in [0.5, 0.6) is 0 Å². The number of amides is 2. The van der Waals surface area contributed by atoms with Gasteiger partial charge in [0.15, 0.2) is 5.82 Å². The van der Waals surface area contributed by atoms with Gasteiger partial charge in [0.2, 0.25) is 11.9 Å². The number of rotatable bonds is 7. The summed E-state index contributed by atoms with van der Waals surface area (Å²) < 4.78 is 30.4. The average Bonchev–Trinajstić information content (AvgIpc) is 3.39. The van der Waals surface area contributed by atoms with E-state index in [-0.39, 0.29) is 36.3 Å².